The van der Waals surface area contributed by atoms with Gasteiger partial charge in [-0.1, -0.05) is 159 Å². The molecule has 5 aromatic carbocycles. The molecule has 65 heavy (non-hydrogen) atoms. The summed E-state index contributed by atoms with van der Waals surface area (Å²) in [6, 6.07) is 48.5. The van der Waals surface area contributed by atoms with Gasteiger partial charge in [0.1, 0.15) is 42.7 Å². The van der Waals surface area contributed by atoms with Crippen molar-refractivity contribution < 1.29 is 57.3 Å². The third kappa shape index (κ3) is 12.8. The second-order valence-corrected chi connectivity index (χ2v) is 23.4. The highest BCUT2D eigenvalue weighted by molar-refractivity contribution is 6.76. The molecule has 0 unspecified atom stereocenters. The molecule has 1 N–H and O–H groups in total. The summed E-state index contributed by atoms with van der Waals surface area (Å²) < 4.78 is 66.3. The number of rotatable bonds is 19. The molecule has 344 valence electrons. The lowest BCUT2D eigenvalue weighted by molar-refractivity contribution is -0.389. The van der Waals surface area contributed by atoms with Gasteiger partial charge in [0.25, 0.3) is 0 Å². The second-order valence-electron chi connectivity index (χ2n) is 17.8. The Bertz CT molecular complexity index is 2160. The minimum atomic E-state index is -1.52. The number of esters is 1. The van der Waals surface area contributed by atoms with Gasteiger partial charge in [-0.3, -0.25) is 0 Å². The summed E-state index contributed by atoms with van der Waals surface area (Å²) in [5, 5.41) is 12.3. The minimum absolute atomic E-state index is 0.0603. The van der Waals surface area contributed by atoms with Crippen LogP contribution in [0.2, 0.25) is 25.7 Å². The molecule has 3 aliphatic heterocycles. The second kappa shape index (κ2) is 22.7. The van der Waals surface area contributed by atoms with Crippen molar-refractivity contribution in [2.24, 2.45) is 0 Å². The molecular weight excluding hydrogens is 845 g/mol. The SMILES string of the molecule is C[Si](C)(C)CCO[C@@H]1O[C@H](COCc2ccccc2)[C@@H](O[C@@H]2O[C@@H]3CO[C@@H](c4ccccc4)O[C@H]3[C@H](O)[C@@H]2OC(=O)c2ccccc2)[C@H](OCc2ccccc2)[C@H]1OCc1ccccc1. The number of aliphatic hydroxyl groups is 1. The molecule has 0 spiro atoms. The number of aliphatic hydroxyl groups excluding tert-OH is 1. The van der Waals surface area contributed by atoms with Gasteiger partial charge in [0.2, 0.25) is 0 Å². The number of fused-ring (bicyclic) bond motifs is 1. The van der Waals surface area contributed by atoms with Crippen LogP contribution in [-0.2, 0) is 67.2 Å². The van der Waals surface area contributed by atoms with Gasteiger partial charge < -0.3 is 52.5 Å². The molecular formula is C52H60O12Si. The Kier molecular flexibility index (Phi) is 16.4. The minimum Gasteiger partial charge on any atom is -0.450 e. The number of ether oxygens (including phenoxy) is 10. The van der Waals surface area contributed by atoms with Gasteiger partial charge in [-0.25, -0.2) is 4.79 Å². The highest BCUT2D eigenvalue weighted by atomic mass is 28.3. The predicted molar refractivity (Wildman–Crippen MR) is 244 cm³/mol. The van der Waals surface area contributed by atoms with Crippen LogP contribution in [0.3, 0.4) is 0 Å². The molecule has 0 bridgehead atoms. The zero-order valence-corrected chi connectivity index (χ0v) is 38.2. The number of benzene rings is 5. The first kappa shape index (κ1) is 46.9. The van der Waals surface area contributed by atoms with Crippen LogP contribution in [0.5, 0.6) is 0 Å². The molecule has 13 heteroatoms. The average Bonchev–Trinajstić information content (AvgIpc) is 3.33. The average molecular weight is 905 g/mol. The van der Waals surface area contributed by atoms with Crippen molar-refractivity contribution in [3.05, 3.63) is 179 Å². The molecule has 0 aromatic heterocycles. The Hall–Kier alpha value is -4.61. The molecule has 5 aromatic rings. The number of carbonyl (C=O) groups is 1. The number of hydrogen-bond donors (Lipinski definition) is 1. The van der Waals surface area contributed by atoms with Crippen molar-refractivity contribution in [2.75, 3.05) is 19.8 Å². The zero-order chi connectivity index (χ0) is 45.0. The molecule has 8 rings (SSSR count). The normalized spacial score (nSPS) is 28.0. The third-order valence-electron chi connectivity index (χ3n) is 11.6. The maximum atomic E-state index is 13.9. The molecule has 0 amide bonds. The van der Waals surface area contributed by atoms with E-state index in [9.17, 15) is 9.90 Å². The molecule has 3 saturated heterocycles. The lowest BCUT2D eigenvalue weighted by Gasteiger charge is -2.50. The van der Waals surface area contributed by atoms with Crippen LogP contribution in [0.4, 0.5) is 0 Å². The monoisotopic (exact) mass is 904 g/mol. The van der Waals surface area contributed by atoms with Crippen LogP contribution in [-0.4, -0.2) is 100 Å². The largest absolute Gasteiger partial charge is 0.450 e. The molecule has 3 fully saturated rings. The Balaban J connectivity index is 1.15. The Morgan fingerprint density at radius 2 is 1.17 bits per heavy atom. The summed E-state index contributed by atoms with van der Waals surface area (Å²) >= 11 is 0. The van der Waals surface area contributed by atoms with Crippen LogP contribution in [0.25, 0.3) is 0 Å². The summed E-state index contributed by atoms with van der Waals surface area (Å²) in [4.78, 5) is 13.9. The van der Waals surface area contributed by atoms with Crippen LogP contribution < -0.4 is 0 Å². The lowest BCUT2D eigenvalue weighted by atomic mass is 9.95. The maximum Gasteiger partial charge on any atom is 0.338 e. The summed E-state index contributed by atoms with van der Waals surface area (Å²) in [7, 11) is -1.52. The molecule has 11 atom stereocenters. The van der Waals surface area contributed by atoms with Crippen LogP contribution in [0.15, 0.2) is 152 Å². The quantitative estimate of drug-likeness (QED) is 0.0633. The van der Waals surface area contributed by atoms with E-state index in [1.165, 1.54) is 0 Å². The van der Waals surface area contributed by atoms with E-state index in [4.69, 9.17) is 47.4 Å². The van der Waals surface area contributed by atoms with Gasteiger partial charge in [0, 0.05) is 20.2 Å². The highest BCUT2D eigenvalue weighted by Gasteiger charge is 2.56. The zero-order valence-electron chi connectivity index (χ0n) is 37.2. The van der Waals surface area contributed by atoms with Gasteiger partial charge in [0.05, 0.1) is 38.6 Å². The standard InChI is InChI=1S/C52H60O12Si/c1-65(2,3)30-29-56-51-48(58-33-38-23-13-6-14-24-38)47(57-32-37-21-11-5-12-22-37)45(41(60-51)34-55-31-36-19-9-4-10-20-36)64-52-46(62-49(54)39-25-15-7-16-26-39)43(53)44-42(61-52)35-59-50(63-44)40-27-17-8-18-28-40/h4-28,41-48,50-53H,29-35H2,1-3H3/t41-,42-,43+,44-,45-,46+,47+,48-,50-,51-,52+/m1/s1. The predicted octanol–water partition coefficient (Wildman–Crippen LogP) is 8.26. The number of carbonyl (C=O) groups excluding carboxylic acids is 1. The van der Waals surface area contributed by atoms with Crippen LogP contribution in [0, 0.1) is 0 Å². The van der Waals surface area contributed by atoms with E-state index in [-0.39, 0.29) is 26.4 Å². The fraction of sp³-hybridized carbons (Fsp3) is 0.404. The Morgan fingerprint density at radius 1 is 0.615 bits per heavy atom. The molecule has 3 heterocycles. The van der Waals surface area contributed by atoms with Crippen molar-refractivity contribution in [3.8, 4) is 0 Å². The molecule has 0 aliphatic carbocycles. The molecule has 0 saturated carbocycles. The molecule has 12 nitrogen and oxygen atoms in total. The highest BCUT2D eigenvalue weighted by Crippen LogP contribution is 2.39. The van der Waals surface area contributed by atoms with Gasteiger partial charge >= 0.3 is 5.97 Å². The maximum absolute atomic E-state index is 13.9. The van der Waals surface area contributed by atoms with E-state index in [1.807, 2.05) is 127 Å². The van der Waals surface area contributed by atoms with Crippen molar-refractivity contribution >= 4 is 14.0 Å². The van der Waals surface area contributed by atoms with Crippen molar-refractivity contribution in [3.63, 3.8) is 0 Å². The van der Waals surface area contributed by atoms with Gasteiger partial charge in [0.15, 0.2) is 25.0 Å². The van der Waals surface area contributed by atoms with Crippen LogP contribution in [0.1, 0.15) is 38.9 Å². The van der Waals surface area contributed by atoms with Crippen LogP contribution >= 0.6 is 0 Å². The van der Waals surface area contributed by atoms with E-state index in [0.29, 0.717) is 18.8 Å². The Labute approximate surface area is 382 Å². The van der Waals surface area contributed by atoms with Gasteiger partial charge in [-0.05, 0) is 34.9 Å². The smallest absolute Gasteiger partial charge is 0.338 e. The first-order valence-electron chi connectivity index (χ1n) is 22.5. The van der Waals surface area contributed by atoms with E-state index < -0.39 is 81.7 Å². The first-order chi connectivity index (χ1) is 31.7. The lowest BCUT2D eigenvalue weighted by Crippen LogP contribution is -2.67. The molecule has 3 aliphatic rings. The van der Waals surface area contributed by atoms with E-state index in [2.05, 4.69) is 19.6 Å². The summed E-state index contributed by atoms with van der Waals surface area (Å²) in [5.74, 6) is -0.670. The van der Waals surface area contributed by atoms with E-state index in [1.54, 1.807) is 24.3 Å². The summed E-state index contributed by atoms with van der Waals surface area (Å²) in [6.07, 6.45) is -11.0. The first-order valence-corrected chi connectivity index (χ1v) is 26.2. The van der Waals surface area contributed by atoms with Crippen molar-refractivity contribution in [1.82, 2.24) is 0 Å². The summed E-state index contributed by atoms with van der Waals surface area (Å²) in [6.45, 7) is 8.19. The van der Waals surface area contributed by atoms with Crippen molar-refractivity contribution in [2.45, 2.75) is 113 Å². The fourth-order valence-corrected chi connectivity index (χ4v) is 8.79. The van der Waals surface area contributed by atoms with E-state index >= 15 is 0 Å². The number of hydrogen-bond acceptors (Lipinski definition) is 12. The van der Waals surface area contributed by atoms with Crippen molar-refractivity contribution in [1.29, 1.82) is 0 Å². The summed E-state index contributed by atoms with van der Waals surface area (Å²) in [5.41, 5.74) is 3.92. The van der Waals surface area contributed by atoms with E-state index in [0.717, 1.165) is 28.3 Å². The van der Waals surface area contributed by atoms with Gasteiger partial charge in [-0.2, -0.15) is 0 Å². The third-order valence-corrected chi connectivity index (χ3v) is 13.3. The molecule has 0 radical (unpaired) electrons. The topological polar surface area (TPSA) is 130 Å². The fourth-order valence-electron chi connectivity index (χ4n) is 8.06. The Morgan fingerprint density at radius 3 is 1.77 bits per heavy atom. The van der Waals surface area contributed by atoms with Gasteiger partial charge in [-0.15, -0.1) is 0 Å².